The maximum Gasteiger partial charge on any atom is 0.233 e. The number of likely N-dealkylation sites (tertiary alicyclic amines) is 1. The number of benzene rings is 1. The second-order valence-corrected chi connectivity index (χ2v) is 7.36. The third kappa shape index (κ3) is 3.48. The van der Waals surface area contributed by atoms with Gasteiger partial charge in [-0.25, -0.2) is 0 Å². The molecule has 24 heavy (non-hydrogen) atoms. The summed E-state index contributed by atoms with van der Waals surface area (Å²) in [5.74, 6) is 1.43. The van der Waals surface area contributed by atoms with Crippen LogP contribution < -0.4 is 0 Å². The highest BCUT2D eigenvalue weighted by Crippen LogP contribution is 2.26. The second kappa shape index (κ2) is 7.38. The van der Waals surface area contributed by atoms with E-state index in [2.05, 4.69) is 24.0 Å². The van der Waals surface area contributed by atoms with E-state index in [1.54, 1.807) is 0 Å². The predicted molar refractivity (Wildman–Crippen MR) is 96.4 cm³/mol. The van der Waals surface area contributed by atoms with Crippen molar-refractivity contribution in [2.75, 3.05) is 5.75 Å². The van der Waals surface area contributed by atoms with Gasteiger partial charge >= 0.3 is 0 Å². The summed E-state index contributed by atoms with van der Waals surface area (Å²) in [5.41, 5.74) is 1.02. The van der Waals surface area contributed by atoms with E-state index in [1.165, 1.54) is 18.2 Å². The smallest absolute Gasteiger partial charge is 0.233 e. The summed E-state index contributed by atoms with van der Waals surface area (Å²) in [6.07, 6.45) is 3.40. The van der Waals surface area contributed by atoms with Gasteiger partial charge in [-0.2, -0.15) is 0 Å². The van der Waals surface area contributed by atoms with Crippen molar-refractivity contribution >= 4 is 17.7 Å². The third-order valence-electron chi connectivity index (χ3n) is 4.62. The van der Waals surface area contributed by atoms with Crippen LogP contribution in [0, 0.1) is 6.92 Å². The molecule has 2 aromatic rings. The molecule has 128 valence electrons. The molecule has 1 saturated heterocycles. The fourth-order valence-electron chi connectivity index (χ4n) is 3.42. The van der Waals surface area contributed by atoms with E-state index in [4.69, 9.17) is 0 Å². The number of hydrogen-bond acceptors (Lipinski definition) is 4. The number of carbonyl (C=O) groups is 1. The minimum atomic E-state index is 0.194. The van der Waals surface area contributed by atoms with Gasteiger partial charge in [-0.05, 0) is 52.2 Å². The lowest BCUT2D eigenvalue weighted by atomic mass is 9.98. The lowest BCUT2D eigenvalue weighted by molar-refractivity contribution is -0.134. The van der Waals surface area contributed by atoms with Crippen molar-refractivity contribution in [3.63, 3.8) is 0 Å². The number of aromatic nitrogens is 3. The highest BCUT2D eigenvalue weighted by molar-refractivity contribution is 7.99. The molecular weight excluding hydrogens is 320 g/mol. The van der Waals surface area contributed by atoms with Gasteiger partial charge in [0.2, 0.25) is 5.91 Å². The van der Waals surface area contributed by atoms with Gasteiger partial charge in [0.15, 0.2) is 5.16 Å². The van der Waals surface area contributed by atoms with E-state index in [9.17, 15) is 4.79 Å². The summed E-state index contributed by atoms with van der Waals surface area (Å²) >= 11 is 1.47. The van der Waals surface area contributed by atoms with Gasteiger partial charge in [0, 0.05) is 17.8 Å². The Hall–Kier alpha value is -1.82. The summed E-state index contributed by atoms with van der Waals surface area (Å²) in [5, 5.41) is 9.20. The molecule has 0 N–H and O–H groups in total. The zero-order valence-electron chi connectivity index (χ0n) is 14.5. The molecule has 2 atom stereocenters. The Labute approximate surface area is 147 Å². The van der Waals surface area contributed by atoms with Crippen LogP contribution in [-0.2, 0) is 4.79 Å². The Morgan fingerprint density at radius 2 is 1.83 bits per heavy atom. The summed E-state index contributed by atoms with van der Waals surface area (Å²) in [7, 11) is 0. The molecule has 0 spiro atoms. The van der Waals surface area contributed by atoms with Crippen molar-refractivity contribution in [2.45, 2.75) is 57.3 Å². The van der Waals surface area contributed by atoms with Gasteiger partial charge in [-0.1, -0.05) is 30.0 Å². The monoisotopic (exact) mass is 344 g/mol. The Balaban J connectivity index is 1.72. The second-order valence-electron chi connectivity index (χ2n) is 6.42. The fourth-order valence-corrected chi connectivity index (χ4v) is 4.29. The lowest BCUT2D eigenvalue weighted by Gasteiger charge is -2.39. The average Bonchev–Trinajstić information content (AvgIpc) is 2.94. The predicted octanol–water partition coefficient (Wildman–Crippen LogP) is 3.46. The van der Waals surface area contributed by atoms with E-state index >= 15 is 0 Å². The van der Waals surface area contributed by atoms with Gasteiger partial charge < -0.3 is 4.90 Å². The molecule has 1 fully saturated rings. The van der Waals surface area contributed by atoms with Gasteiger partial charge in [-0.3, -0.25) is 9.36 Å². The molecule has 2 heterocycles. The molecule has 0 unspecified atom stereocenters. The van der Waals surface area contributed by atoms with Crippen molar-refractivity contribution in [3.8, 4) is 5.69 Å². The molecule has 1 aliphatic rings. The molecule has 0 saturated carbocycles. The van der Waals surface area contributed by atoms with Crippen molar-refractivity contribution in [1.29, 1.82) is 0 Å². The van der Waals surface area contributed by atoms with Crippen LogP contribution in [0.3, 0.4) is 0 Å². The molecule has 1 aromatic carbocycles. The van der Waals surface area contributed by atoms with Crippen LogP contribution in [0.15, 0.2) is 35.5 Å². The number of thioether (sulfide) groups is 1. The number of hydrogen-bond donors (Lipinski definition) is 0. The molecule has 3 rings (SSSR count). The topological polar surface area (TPSA) is 51.0 Å². The Bertz CT molecular complexity index is 690. The molecular formula is C18H24N4OS. The van der Waals surface area contributed by atoms with Crippen molar-refractivity contribution in [2.24, 2.45) is 0 Å². The molecule has 0 radical (unpaired) electrons. The first-order chi connectivity index (χ1) is 11.6. The van der Waals surface area contributed by atoms with Crippen LogP contribution in [0.25, 0.3) is 5.69 Å². The number of rotatable bonds is 4. The van der Waals surface area contributed by atoms with Gasteiger partial charge in [0.05, 0.1) is 5.75 Å². The molecule has 6 heteroatoms. The van der Waals surface area contributed by atoms with Crippen LogP contribution in [-0.4, -0.2) is 43.4 Å². The molecule has 5 nitrogen and oxygen atoms in total. The lowest BCUT2D eigenvalue weighted by Crippen LogP contribution is -2.48. The van der Waals surface area contributed by atoms with Crippen molar-refractivity contribution < 1.29 is 4.79 Å². The summed E-state index contributed by atoms with van der Waals surface area (Å²) < 4.78 is 2.00. The average molecular weight is 344 g/mol. The highest BCUT2D eigenvalue weighted by Gasteiger charge is 2.29. The number of carbonyl (C=O) groups excluding carboxylic acids is 1. The number of piperidine rings is 1. The number of nitrogens with zero attached hydrogens (tertiary/aromatic N) is 4. The maximum absolute atomic E-state index is 12.7. The Morgan fingerprint density at radius 3 is 2.50 bits per heavy atom. The normalized spacial score (nSPS) is 21.0. The number of aryl methyl sites for hydroxylation is 1. The van der Waals surface area contributed by atoms with Crippen LogP contribution in [0.2, 0.25) is 0 Å². The SMILES string of the molecule is Cc1nnc(SCC(=O)N2[C@H](C)CCC[C@H]2C)n1-c1ccccc1. The van der Waals surface area contributed by atoms with Crippen LogP contribution in [0.1, 0.15) is 38.9 Å². The molecule has 1 amide bonds. The van der Waals surface area contributed by atoms with Gasteiger partial charge in [0.25, 0.3) is 0 Å². The maximum atomic E-state index is 12.7. The number of amides is 1. The zero-order valence-corrected chi connectivity index (χ0v) is 15.3. The standard InChI is InChI=1S/C18H24N4OS/c1-13-8-7-9-14(2)21(13)17(23)12-24-18-20-19-15(3)22(18)16-10-5-4-6-11-16/h4-6,10-11,13-14H,7-9,12H2,1-3H3/t13-,14-/m1/s1. The van der Waals surface area contributed by atoms with Crippen molar-refractivity contribution in [1.82, 2.24) is 19.7 Å². The van der Waals surface area contributed by atoms with Crippen LogP contribution in [0.4, 0.5) is 0 Å². The summed E-state index contributed by atoms with van der Waals surface area (Å²) in [6.45, 7) is 6.23. The third-order valence-corrected chi connectivity index (χ3v) is 5.53. The van der Waals surface area contributed by atoms with Crippen molar-refractivity contribution in [3.05, 3.63) is 36.2 Å². The summed E-state index contributed by atoms with van der Waals surface area (Å²) in [4.78, 5) is 14.7. The molecule has 1 aromatic heterocycles. The van der Waals surface area contributed by atoms with E-state index in [-0.39, 0.29) is 5.91 Å². The Morgan fingerprint density at radius 1 is 1.17 bits per heavy atom. The fraction of sp³-hybridized carbons (Fsp3) is 0.500. The largest absolute Gasteiger partial charge is 0.337 e. The highest BCUT2D eigenvalue weighted by atomic mass is 32.2. The molecule has 1 aliphatic heterocycles. The Kier molecular flexibility index (Phi) is 5.23. The first kappa shape index (κ1) is 17.0. The van der Waals surface area contributed by atoms with Crippen LogP contribution in [0.5, 0.6) is 0 Å². The quantitative estimate of drug-likeness (QED) is 0.797. The van der Waals surface area contributed by atoms with E-state index in [0.29, 0.717) is 17.8 Å². The molecule has 0 bridgehead atoms. The van der Waals surface area contributed by atoms with E-state index in [1.807, 2.05) is 46.7 Å². The van der Waals surface area contributed by atoms with Gasteiger partial charge in [0.1, 0.15) is 5.82 Å². The summed E-state index contributed by atoms with van der Waals surface area (Å²) in [6, 6.07) is 10.7. The zero-order chi connectivity index (χ0) is 17.1. The van der Waals surface area contributed by atoms with Crippen LogP contribution >= 0.6 is 11.8 Å². The molecule has 0 aliphatic carbocycles. The minimum Gasteiger partial charge on any atom is -0.337 e. The van der Waals surface area contributed by atoms with E-state index in [0.717, 1.165) is 29.5 Å². The first-order valence-corrected chi connectivity index (χ1v) is 9.48. The van der Waals surface area contributed by atoms with Gasteiger partial charge in [-0.15, -0.1) is 10.2 Å². The van der Waals surface area contributed by atoms with E-state index < -0.39 is 0 Å². The first-order valence-electron chi connectivity index (χ1n) is 8.49. The minimum absolute atomic E-state index is 0.194. The number of para-hydroxylation sites is 1.